The van der Waals surface area contributed by atoms with Crippen molar-refractivity contribution in [3.63, 3.8) is 0 Å². The molecule has 0 spiro atoms. The highest BCUT2D eigenvalue weighted by Crippen LogP contribution is 2.13. The molecule has 0 fully saturated rings. The number of carbonyl (C=O) groups is 1. The van der Waals surface area contributed by atoms with E-state index in [1.807, 2.05) is 14.1 Å². The number of rotatable bonds is 11. The van der Waals surface area contributed by atoms with Gasteiger partial charge in [-0.2, -0.15) is 0 Å². The van der Waals surface area contributed by atoms with Crippen LogP contribution >= 0.6 is 0 Å². The van der Waals surface area contributed by atoms with Gasteiger partial charge < -0.3 is 14.4 Å². The molecular formula is C15H31NO3. The molecule has 4 nitrogen and oxygen atoms in total. The average molecular weight is 273 g/mol. The number of nitrogens with zero attached hydrogens (tertiary/aromatic N) is 1. The van der Waals surface area contributed by atoms with Gasteiger partial charge in [0.2, 0.25) is 0 Å². The molecular weight excluding hydrogens is 242 g/mol. The van der Waals surface area contributed by atoms with E-state index in [1.54, 1.807) is 0 Å². The first kappa shape index (κ1) is 18.2. The average Bonchev–Trinajstić information content (AvgIpc) is 2.37. The fourth-order valence-electron chi connectivity index (χ4n) is 1.83. The zero-order valence-electron chi connectivity index (χ0n) is 13.1. The van der Waals surface area contributed by atoms with Gasteiger partial charge in [0.1, 0.15) is 6.10 Å². The van der Waals surface area contributed by atoms with Crippen LogP contribution in [0.25, 0.3) is 0 Å². The molecule has 0 radical (unpaired) electrons. The standard InChI is InChI=1S/C15H31NO3/c1-5-7-10-14(11-8-6-2)19-15(17)18-13-9-12-16(3)4/h14H,5-13H2,1-4H3. The van der Waals surface area contributed by atoms with Crippen LogP contribution in [0.1, 0.15) is 58.8 Å². The number of unbranched alkanes of at least 4 members (excludes halogenated alkanes) is 2. The van der Waals surface area contributed by atoms with Gasteiger partial charge in [0, 0.05) is 6.54 Å². The highest BCUT2D eigenvalue weighted by Gasteiger charge is 2.14. The molecule has 0 bridgehead atoms. The largest absolute Gasteiger partial charge is 0.508 e. The van der Waals surface area contributed by atoms with Crippen LogP contribution < -0.4 is 0 Å². The molecule has 4 heteroatoms. The Morgan fingerprint density at radius 3 is 2.11 bits per heavy atom. The van der Waals surface area contributed by atoms with Crippen LogP contribution in [0.15, 0.2) is 0 Å². The van der Waals surface area contributed by atoms with E-state index in [2.05, 4.69) is 18.7 Å². The van der Waals surface area contributed by atoms with E-state index in [1.165, 1.54) is 0 Å². The van der Waals surface area contributed by atoms with Crippen molar-refractivity contribution < 1.29 is 14.3 Å². The summed E-state index contributed by atoms with van der Waals surface area (Å²) in [4.78, 5) is 13.6. The highest BCUT2D eigenvalue weighted by atomic mass is 16.7. The van der Waals surface area contributed by atoms with Gasteiger partial charge in [0.15, 0.2) is 0 Å². The predicted molar refractivity (Wildman–Crippen MR) is 78.4 cm³/mol. The normalized spacial score (nSPS) is 11.1. The van der Waals surface area contributed by atoms with E-state index in [0.717, 1.165) is 51.5 Å². The number of hydrogen-bond acceptors (Lipinski definition) is 4. The van der Waals surface area contributed by atoms with E-state index < -0.39 is 6.16 Å². The molecule has 0 heterocycles. The van der Waals surface area contributed by atoms with Crippen LogP contribution in [0.5, 0.6) is 0 Å². The maximum atomic E-state index is 11.6. The number of hydrogen-bond donors (Lipinski definition) is 0. The third-order valence-electron chi connectivity index (χ3n) is 2.99. The highest BCUT2D eigenvalue weighted by molar-refractivity contribution is 5.60. The third kappa shape index (κ3) is 12.0. The summed E-state index contributed by atoms with van der Waals surface area (Å²) in [5.41, 5.74) is 0. The minimum atomic E-state index is -0.504. The smallest absolute Gasteiger partial charge is 0.434 e. The summed E-state index contributed by atoms with van der Waals surface area (Å²) in [5, 5.41) is 0. The molecule has 19 heavy (non-hydrogen) atoms. The maximum Gasteiger partial charge on any atom is 0.508 e. The molecule has 0 aromatic carbocycles. The first-order valence-electron chi connectivity index (χ1n) is 7.58. The zero-order valence-corrected chi connectivity index (χ0v) is 13.1. The van der Waals surface area contributed by atoms with Gasteiger partial charge in [-0.05, 0) is 33.4 Å². The third-order valence-corrected chi connectivity index (χ3v) is 2.99. The topological polar surface area (TPSA) is 38.8 Å². The Bertz CT molecular complexity index is 211. The molecule has 0 aliphatic rings. The molecule has 0 aliphatic carbocycles. The van der Waals surface area contributed by atoms with Crippen molar-refractivity contribution in [3.8, 4) is 0 Å². The second-order valence-corrected chi connectivity index (χ2v) is 5.28. The fraction of sp³-hybridized carbons (Fsp3) is 0.933. The van der Waals surface area contributed by atoms with Gasteiger partial charge in [-0.3, -0.25) is 0 Å². The lowest BCUT2D eigenvalue weighted by Crippen LogP contribution is -2.21. The quantitative estimate of drug-likeness (QED) is 0.423. The molecule has 0 rings (SSSR count). The molecule has 0 saturated carbocycles. The van der Waals surface area contributed by atoms with E-state index >= 15 is 0 Å². The summed E-state index contributed by atoms with van der Waals surface area (Å²) in [6.07, 6.45) is 6.72. The van der Waals surface area contributed by atoms with Crippen molar-refractivity contribution in [2.45, 2.75) is 64.9 Å². The second kappa shape index (κ2) is 12.3. The summed E-state index contributed by atoms with van der Waals surface area (Å²) in [6, 6.07) is 0. The summed E-state index contributed by atoms with van der Waals surface area (Å²) in [7, 11) is 4.01. The fourth-order valence-corrected chi connectivity index (χ4v) is 1.83. The molecule has 0 amide bonds. The Hall–Kier alpha value is -0.770. The van der Waals surface area contributed by atoms with Crippen molar-refractivity contribution in [3.05, 3.63) is 0 Å². The van der Waals surface area contributed by atoms with E-state index in [-0.39, 0.29) is 6.10 Å². The van der Waals surface area contributed by atoms with E-state index in [9.17, 15) is 4.79 Å². The van der Waals surface area contributed by atoms with Crippen molar-refractivity contribution in [1.82, 2.24) is 4.90 Å². The molecule has 0 saturated heterocycles. The van der Waals surface area contributed by atoms with E-state index in [4.69, 9.17) is 9.47 Å². The lowest BCUT2D eigenvalue weighted by molar-refractivity contribution is 0.0153. The molecule has 114 valence electrons. The van der Waals surface area contributed by atoms with Crippen LogP contribution in [0.4, 0.5) is 4.79 Å². The van der Waals surface area contributed by atoms with Crippen LogP contribution in [-0.2, 0) is 9.47 Å². The van der Waals surface area contributed by atoms with Gasteiger partial charge in [-0.1, -0.05) is 39.5 Å². The van der Waals surface area contributed by atoms with Crippen LogP contribution in [-0.4, -0.2) is 44.4 Å². The lowest BCUT2D eigenvalue weighted by Gasteiger charge is -2.17. The predicted octanol–water partition coefficient (Wildman–Crippen LogP) is 3.84. The van der Waals surface area contributed by atoms with Crippen molar-refractivity contribution in [1.29, 1.82) is 0 Å². The number of ether oxygens (including phenoxy) is 2. The Balaban J connectivity index is 3.80. The van der Waals surface area contributed by atoms with Crippen molar-refractivity contribution in [2.75, 3.05) is 27.2 Å². The van der Waals surface area contributed by atoms with Gasteiger partial charge in [-0.25, -0.2) is 4.79 Å². The summed E-state index contributed by atoms with van der Waals surface area (Å²) < 4.78 is 10.5. The van der Waals surface area contributed by atoms with Crippen LogP contribution in [0, 0.1) is 0 Å². The first-order valence-corrected chi connectivity index (χ1v) is 7.58. The summed E-state index contributed by atoms with van der Waals surface area (Å²) in [6.45, 7) is 5.65. The molecule has 0 aliphatic heterocycles. The molecule has 0 N–H and O–H groups in total. The van der Waals surface area contributed by atoms with Crippen molar-refractivity contribution >= 4 is 6.16 Å². The van der Waals surface area contributed by atoms with Gasteiger partial charge in [0.05, 0.1) is 6.61 Å². The van der Waals surface area contributed by atoms with E-state index in [0.29, 0.717) is 6.61 Å². The van der Waals surface area contributed by atoms with Gasteiger partial charge >= 0.3 is 6.16 Å². The monoisotopic (exact) mass is 273 g/mol. The lowest BCUT2D eigenvalue weighted by atomic mass is 10.1. The molecule has 0 aromatic heterocycles. The summed E-state index contributed by atoms with van der Waals surface area (Å²) in [5.74, 6) is 0. The Morgan fingerprint density at radius 1 is 1.05 bits per heavy atom. The van der Waals surface area contributed by atoms with Crippen LogP contribution in [0.3, 0.4) is 0 Å². The minimum absolute atomic E-state index is 0.0289. The van der Waals surface area contributed by atoms with Gasteiger partial charge in [-0.15, -0.1) is 0 Å². The zero-order chi connectivity index (χ0) is 14.5. The van der Waals surface area contributed by atoms with Crippen molar-refractivity contribution in [2.24, 2.45) is 0 Å². The number of carbonyl (C=O) groups excluding carboxylic acids is 1. The molecule has 0 unspecified atom stereocenters. The molecule has 0 atom stereocenters. The van der Waals surface area contributed by atoms with Gasteiger partial charge in [0.25, 0.3) is 0 Å². The Kier molecular flexibility index (Phi) is 11.8. The summed E-state index contributed by atoms with van der Waals surface area (Å²) >= 11 is 0. The second-order valence-electron chi connectivity index (χ2n) is 5.28. The Labute approximate surface area is 118 Å². The maximum absolute atomic E-state index is 11.6. The SMILES string of the molecule is CCCCC(CCCC)OC(=O)OCCCN(C)C. The molecule has 0 aromatic rings. The Morgan fingerprint density at radius 2 is 1.63 bits per heavy atom. The van der Waals surface area contributed by atoms with Crippen LogP contribution in [0.2, 0.25) is 0 Å². The first-order chi connectivity index (χ1) is 9.10. The minimum Gasteiger partial charge on any atom is -0.434 e.